The van der Waals surface area contributed by atoms with Crippen LogP contribution in [0.25, 0.3) is 0 Å². The second-order valence-electron chi connectivity index (χ2n) is 7.40. The van der Waals surface area contributed by atoms with E-state index in [1.807, 2.05) is 12.1 Å². The van der Waals surface area contributed by atoms with Gasteiger partial charge in [-0.05, 0) is 42.7 Å². The molecule has 2 N–H and O–H groups in total. The van der Waals surface area contributed by atoms with Crippen molar-refractivity contribution in [3.8, 4) is 0 Å². The van der Waals surface area contributed by atoms with Crippen LogP contribution in [0.5, 0.6) is 0 Å². The molecule has 1 aliphatic rings. The lowest BCUT2D eigenvalue weighted by molar-refractivity contribution is -0.126. The number of rotatable bonds is 8. The van der Waals surface area contributed by atoms with E-state index >= 15 is 0 Å². The van der Waals surface area contributed by atoms with Gasteiger partial charge >= 0.3 is 0 Å². The number of sulfonamides is 1. The van der Waals surface area contributed by atoms with Gasteiger partial charge in [-0.25, -0.2) is 8.42 Å². The van der Waals surface area contributed by atoms with Gasteiger partial charge in [0.2, 0.25) is 21.8 Å². The van der Waals surface area contributed by atoms with E-state index < -0.39 is 10.0 Å². The number of pyridine rings is 1. The first-order chi connectivity index (χ1) is 15.3. The van der Waals surface area contributed by atoms with Crippen molar-refractivity contribution < 1.29 is 18.0 Å². The minimum absolute atomic E-state index is 0.0691. The summed E-state index contributed by atoms with van der Waals surface area (Å²) < 4.78 is 27.2. The molecule has 32 heavy (non-hydrogen) atoms. The first-order valence-corrected chi connectivity index (χ1v) is 12.4. The predicted octanol–water partition coefficient (Wildman–Crippen LogP) is 2.61. The van der Waals surface area contributed by atoms with Crippen molar-refractivity contribution in [1.82, 2.24) is 19.9 Å². The fraction of sp³-hybridized carbons (Fsp3) is 0.381. The maximum absolute atomic E-state index is 12.9. The SMILES string of the molecule is O=C(CCNC(=O)C1CCN(S(=O)(=O)c2c(Cl)cccc2Cl)CC1)NCc1ccncc1. The van der Waals surface area contributed by atoms with Crippen molar-refractivity contribution in [3.63, 3.8) is 0 Å². The third kappa shape index (κ3) is 6.19. The molecule has 2 heterocycles. The van der Waals surface area contributed by atoms with Crippen LogP contribution in [0.15, 0.2) is 47.6 Å². The zero-order chi connectivity index (χ0) is 23.1. The summed E-state index contributed by atoms with van der Waals surface area (Å²) in [7, 11) is -3.85. The minimum atomic E-state index is -3.85. The van der Waals surface area contributed by atoms with Crippen molar-refractivity contribution in [2.24, 2.45) is 5.92 Å². The zero-order valence-corrected chi connectivity index (χ0v) is 19.6. The number of benzene rings is 1. The van der Waals surface area contributed by atoms with Crippen LogP contribution >= 0.6 is 23.2 Å². The number of hydrogen-bond acceptors (Lipinski definition) is 5. The van der Waals surface area contributed by atoms with Crippen LogP contribution in [0.1, 0.15) is 24.8 Å². The molecule has 1 aromatic heterocycles. The zero-order valence-electron chi connectivity index (χ0n) is 17.3. The molecule has 172 valence electrons. The van der Waals surface area contributed by atoms with Gasteiger partial charge in [0.15, 0.2) is 0 Å². The molecule has 0 unspecified atom stereocenters. The molecule has 0 radical (unpaired) electrons. The lowest BCUT2D eigenvalue weighted by Gasteiger charge is -2.31. The second kappa shape index (κ2) is 11.1. The van der Waals surface area contributed by atoms with Gasteiger partial charge in [0.1, 0.15) is 4.90 Å². The Balaban J connectivity index is 1.43. The van der Waals surface area contributed by atoms with Crippen molar-refractivity contribution in [2.75, 3.05) is 19.6 Å². The summed E-state index contributed by atoms with van der Waals surface area (Å²) in [6, 6.07) is 8.17. The van der Waals surface area contributed by atoms with Gasteiger partial charge in [-0.3, -0.25) is 14.6 Å². The molecule has 0 saturated carbocycles. The van der Waals surface area contributed by atoms with E-state index in [2.05, 4.69) is 15.6 Å². The highest BCUT2D eigenvalue weighted by Gasteiger charge is 2.34. The van der Waals surface area contributed by atoms with Crippen LogP contribution in [-0.4, -0.2) is 49.2 Å². The molecule has 1 saturated heterocycles. The number of carbonyl (C=O) groups is 2. The third-order valence-corrected chi connectivity index (χ3v) is 8.09. The highest BCUT2D eigenvalue weighted by atomic mass is 35.5. The summed E-state index contributed by atoms with van der Waals surface area (Å²) in [6.45, 7) is 0.995. The van der Waals surface area contributed by atoms with Crippen LogP contribution < -0.4 is 10.6 Å². The van der Waals surface area contributed by atoms with Crippen molar-refractivity contribution >= 4 is 45.0 Å². The number of nitrogens with zero attached hydrogens (tertiary/aromatic N) is 2. The van der Waals surface area contributed by atoms with E-state index in [0.29, 0.717) is 19.4 Å². The summed E-state index contributed by atoms with van der Waals surface area (Å²) in [6.07, 6.45) is 4.22. The first-order valence-electron chi connectivity index (χ1n) is 10.2. The van der Waals surface area contributed by atoms with Gasteiger partial charge in [-0.1, -0.05) is 29.3 Å². The monoisotopic (exact) mass is 498 g/mol. The third-order valence-electron chi connectivity index (χ3n) is 5.23. The van der Waals surface area contributed by atoms with Gasteiger partial charge < -0.3 is 10.6 Å². The Hall–Kier alpha value is -2.20. The molecule has 2 amide bonds. The molecular formula is C21H24Cl2N4O4S. The Morgan fingerprint density at radius 1 is 1.03 bits per heavy atom. The van der Waals surface area contributed by atoms with Crippen LogP contribution in [0.3, 0.4) is 0 Å². The molecule has 1 fully saturated rings. The molecule has 0 atom stereocenters. The number of amides is 2. The highest BCUT2D eigenvalue weighted by Crippen LogP contribution is 2.33. The summed E-state index contributed by atoms with van der Waals surface area (Å²) in [4.78, 5) is 28.2. The van der Waals surface area contributed by atoms with Gasteiger partial charge in [-0.2, -0.15) is 4.31 Å². The Morgan fingerprint density at radius 2 is 1.66 bits per heavy atom. The minimum Gasteiger partial charge on any atom is -0.355 e. The van der Waals surface area contributed by atoms with Crippen LogP contribution in [0, 0.1) is 5.92 Å². The topological polar surface area (TPSA) is 108 Å². The fourth-order valence-corrected chi connectivity index (χ4v) is 6.01. The normalized spacial score (nSPS) is 15.3. The molecule has 1 aromatic carbocycles. The van der Waals surface area contributed by atoms with Gasteiger partial charge in [0, 0.05) is 50.9 Å². The molecule has 0 spiro atoms. The number of aromatic nitrogens is 1. The summed E-state index contributed by atoms with van der Waals surface area (Å²) >= 11 is 12.1. The molecule has 1 aliphatic heterocycles. The second-order valence-corrected chi connectivity index (χ2v) is 10.1. The van der Waals surface area contributed by atoms with E-state index in [-0.39, 0.29) is 58.7 Å². The standard InChI is InChI=1S/C21H24Cl2N4O4S/c22-17-2-1-3-18(23)20(17)32(30,31)27-12-7-16(8-13-27)21(29)25-11-6-19(28)26-14-15-4-9-24-10-5-15/h1-5,9-10,16H,6-8,11-14H2,(H,25,29)(H,26,28). The maximum atomic E-state index is 12.9. The van der Waals surface area contributed by atoms with E-state index in [1.165, 1.54) is 16.4 Å². The Bertz CT molecular complexity index is 1040. The van der Waals surface area contributed by atoms with Gasteiger partial charge in [0.05, 0.1) is 10.0 Å². The smallest absolute Gasteiger partial charge is 0.246 e. The summed E-state index contributed by atoms with van der Waals surface area (Å²) in [5.41, 5.74) is 0.942. The Kier molecular flexibility index (Phi) is 8.47. The molecule has 8 nitrogen and oxygen atoms in total. The number of hydrogen-bond donors (Lipinski definition) is 2. The quantitative estimate of drug-likeness (QED) is 0.581. The summed E-state index contributed by atoms with van der Waals surface area (Å²) in [5, 5.41) is 5.69. The molecule has 2 aromatic rings. The number of piperidine rings is 1. The van der Waals surface area contributed by atoms with Crippen LogP contribution in [0.2, 0.25) is 10.0 Å². The van der Waals surface area contributed by atoms with E-state index in [0.717, 1.165) is 5.56 Å². The Morgan fingerprint density at radius 3 is 2.28 bits per heavy atom. The molecule has 0 aliphatic carbocycles. The Labute approximate surface area is 197 Å². The number of carbonyl (C=O) groups excluding carboxylic acids is 2. The number of halogens is 2. The van der Waals surface area contributed by atoms with Gasteiger partial charge in [-0.15, -0.1) is 0 Å². The average Bonchev–Trinajstić information content (AvgIpc) is 2.78. The van der Waals surface area contributed by atoms with E-state index in [1.54, 1.807) is 18.5 Å². The lowest BCUT2D eigenvalue weighted by Crippen LogP contribution is -2.43. The first kappa shape index (κ1) is 24.4. The lowest BCUT2D eigenvalue weighted by atomic mass is 9.97. The van der Waals surface area contributed by atoms with Crippen LogP contribution in [-0.2, 0) is 26.2 Å². The van der Waals surface area contributed by atoms with E-state index in [4.69, 9.17) is 23.2 Å². The van der Waals surface area contributed by atoms with Crippen molar-refractivity contribution in [3.05, 3.63) is 58.3 Å². The average molecular weight is 499 g/mol. The molecule has 11 heteroatoms. The molecule has 3 rings (SSSR count). The molecular weight excluding hydrogens is 475 g/mol. The van der Waals surface area contributed by atoms with E-state index in [9.17, 15) is 18.0 Å². The van der Waals surface area contributed by atoms with Crippen LogP contribution in [0.4, 0.5) is 0 Å². The van der Waals surface area contributed by atoms with Crippen molar-refractivity contribution in [2.45, 2.75) is 30.7 Å². The summed E-state index contributed by atoms with van der Waals surface area (Å²) in [5.74, 6) is -0.664. The largest absolute Gasteiger partial charge is 0.355 e. The highest BCUT2D eigenvalue weighted by molar-refractivity contribution is 7.89. The maximum Gasteiger partial charge on any atom is 0.246 e. The van der Waals surface area contributed by atoms with Gasteiger partial charge in [0.25, 0.3) is 0 Å². The number of nitrogens with one attached hydrogen (secondary N) is 2. The predicted molar refractivity (Wildman–Crippen MR) is 122 cm³/mol. The molecule has 0 bridgehead atoms. The van der Waals surface area contributed by atoms with Crippen molar-refractivity contribution in [1.29, 1.82) is 0 Å². The fourth-order valence-electron chi connectivity index (χ4n) is 3.45.